The maximum atomic E-state index is 16.0. The van der Waals surface area contributed by atoms with Crippen LogP contribution in [0.15, 0.2) is 59.5 Å². The first-order valence-electron chi connectivity index (χ1n) is 42.8. The fourth-order valence-electron chi connectivity index (χ4n) is 15.1. The number of aromatic nitrogens is 5. The Morgan fingerprint density at radius 1 is 0.630 bits per heavy atom. The number of rotatable bonds is 41. The van der Waals surface area contributed by atoms with E-state index in [2.05, 4.69) is 42.2 Å². The number of hydrogen-bond acceptors (Lipinski definition) is 27. The zero-order valence-corrected chi connectivity index (χ0v) is 77.6. The van der Waals surface area contributed by atoms with Gasteiger partial charge in [-0.3, -0.25) is 101 Å². The maximum Gasteiger partial charge on any atom is 0.408 e. The second-order valence-corrected chi connectivity index (χ2v) is 34.0. The number of aliphatic hydroxyl groups is 1. The van der Waals surface area contributed by atoms with Crippen molar-refractivity contribution in [1.82, 2.24) is 105 Å². The summed E-state index contributed by atoms with van der Waals surface area (Å²) in [6.07, 6.45) is 0.808. The summed E-state index contributed by atoms with van der Waals surface area (Å²) in [5.74, 6) is -15.7. The number of carboxylic acids is 1. The third-order valence-electron chi connectivity index (χ3n) is 23.4. The van der Waals surface area contributed by atoms with Crippen molar-refractivity contribution in [3.63, 3.8) is 0 Å². The molecule has 0 spiro atoms. The van der Waals surface area contributed by atoms with Crippen LogP contribution >= 0.6 is 0 Å². The van der Waals surface area contributed by atoms with Crippen LogP contribution in [0.1, 0.15) is 111 Å². The van der Waals surface area contributed by atoms with E-state index < -0.39 is 251 Å². The molecule has 0 saturated heterocycles. The summed E-state index contributed by atoms with van der Waals surface area (Å²) in [6, 6.07) is 4.33. The van der Waals surface area contributed by atoms with Gasteiger partial charge in [-0.15, -0.1) is 5.10 Å². The Kier molecular flexibility index (Phi) is 34.2. The number of ether oxygens (including phenoxy) is 2. The molecule has 0 fully saturated rings. The second kappa shape index (κ2) is 44.5. The molecule has 6 atom stereocenters. The van der Waals surface area contributed by atoms with Crippen LogP contribution in [0.4, 0.5) is 14.9 Å². The summed E-state index contributed by atoms with van der Waals surface area (Å²) in [4.78, 5) is 292. The number of carbonyl (C=O) groups is 20. The van der Waals surface area contributed by atoms with Gasteiger partial charge in [0.1, 0.15) is 49.7 Å². The first kappa shape index (κ1) is 104. The summed E-state index contributed by atoms with van der Waals surface area (Å²) in [5.41, 5.74) is 0.652. The van der Waals surface area contributed by atoms with Gasteiger partial charge in [-0.25, -0.2) is 19.0 Å². The molecule has 3 aliphatic heterocycles. The average Bonchev–Trinajstić information content (AvgIpc) is 1.57. The number of nitrogens with one attached hydrogen (secondary N) is 6. The number of fused-ring (bicyclic) bond motifs is 5. The fraction of sp³-hybridized carbons (Fsp3) is 0.494. The fourth-order valence-corrected chi connectivity index (χ4v) is 15.1. The second-order valence-electron chi connectivity index (χ2n) is 34.0. The summed E-state index contributed by atoms with van der Waals surface area (Å²) in [7, 11) is 12.5. The van der Waals surface area contributed by atoms with Crippen molar-refractivity contribution in [1.29, 1.82) is 0 Å². The van der Waals surface area contributed by atoms with Gasteiger partial charge in [-0.1, -0.05) is 38.1 Å². The molecule has 8 N–H and O–H groups in total. The largest absolute Gasteiger partial charge is 0.480 e. The van der Waals surface area contributed by atoms with Crippen LogP contribution < -0.4 is 37.5 Å². The lowest BCUT2D eigenvalue weighted by atomic mass is 9.81. The molecule has 0 radical (unpaired) electrons. The number of nitrogens with zero attached hydrogens (tertiary/aromatic N) is 16. The molecule has 135 heavy (non-hydrogen) atoms. The number of aliphatic carboxylic acids is 1. The third-order valence-corrected chi connectivity index (χ3v) is 23.4. The Morgan fingerprint density at radius 2 is 1.13 bits per heavy atom. The molecular weight excluding hydrogens is 1770 g/mol. The number of imide groups is 1. The number of aryl methyl sites for hydroxylation is 2. The number of amides is 18. The smallest absolute Gasteiger partial charge is 0.408 e. The van der Waals surface area contributed by atoms with Gasteiger partial charge >= 0.3 is 18.0 Å². The van der Waals surface area contributed by atoms with Crippen molar-refractivity contribution in [2.24, 2.45) is 5.92 Å². The number of pyridine rings is 2. The molecule has 47 nitrogen and oxygen atoms in total. The summed E-state index contributed by atoms with van der Waals surface area (Å²) >= 11 is 0. The minimum absolute atomic E-state index is 0.0401. The van der Waals surface area contributed by atoms with Gasteiger partial charge in [0.25, 0.3) is 17.4 Å². The Hall–Kier alpha value is -15.0. The third kappa shape index (κ3) is 25.6. The number of carbonyl (C=O) groups excluding carboxylic acids is 19. The van der Waals surface area contributed by atoms with E-state index in [0.717, 1.165) is 61.2 Å². The molecule has 1 aliphatic carbocycles. The van der Waals surface area contributed by atoms with Crippen molar-refractivity contribution in [2.75, 3.05) is 154 Å². The molecule has 48 heteroatoms. The Morgan fingerprint density at radius 3 is 1.61 bits per heavy atom. The molecule has 2 unspecified atom stereocenters. The normalized spacial score (nSPS) is 15.2. The van der Waals surface area contributed by atoms with Crippen molar-refractivity contribution >= 4 is 135 Å². The van der Waals surface area contributed by atoms with E-state index in [1.807, 2.05) is 0 Å². The van der Waals surface area contributed by atoms with E-state index in [1.54, 1.807) is 27.7 Å². The van der Waals surface area contributed by atoms with Crippen LogP contribution in [0.25, 0.3) is 22.3 Å². The minimum Gasteiger partial charge on any atom is -0.480 e. The summed E-state index contributed by atoms with van der Waals surface area (Å²) in [5, 5.41) is 45.5. The van der Waals surface area contributed by atoms with E-state index in [9.17, 15) is 106 Å². The first-order chi connectivity index (χ1) is 63.4. The lowest BCUT2D eigenvalue weighted by molar-refractivity contribution is -0.172. The highest BCUT2D eigenvalue weighted by Crippen LogP contribution is 2.46. The molecular formula is C87H111FN22O25. The monoisotopic (exact) mass is 1880 g/mol. The average molecular weight is 1880 g/mol. The van der Waals surface area contributed by atoms with Crippen molar-refractivity contribution in [2.45, 2.75) is 129 Å². The van der Waals surface area contributed by atoms with E-state index in [0.29, 0.717) is 38.1 Å². The topological polar surface area (TPSA) is 574 Å². The van der Waals surface area contributed by atoms with Crippen LogP contribution in [-0.4, -0.2) is 374 Å². The van der Waals surface area contributed by atoms with Gasteiger partial charge in [0.2, 0.25) is 88.6 Å². The predicted octanol–water partition coefficient (Wildman–Crippen LogP) is -4.00. The van der Waals surface area contributed by atoms with Gasteiger partial charge in [0.05, 0.1) is 106 Å². The molecule has 726 valence electrons. The number of hydrogen-bond donors (Lipinski definition) is 8. The van der Waals surface area contributed by atoms with Crippen LogP contribution in [-0.2, 0) is 139 Å². The zero-order valence-electron chi connectivity index (χ0n) is 77.6. The number of likely N-dealkylation sites (N-methyl/N-ethyl adjacent to an activating group) is 10. The number of alkyl carbamates (subject to hydrolysis) is 1. The van der Waals surface area contributed by atoms with Crippen LogP contribution in [0.2, 0.25) is 0 Å². The standard InChI is InChI=1S/C87H111FN22O25/c1-17-87(133)56-29-61-80-54(33-109(61)83(129)55(56)45-134-85(87)131)78-58(23-22-53-47(4)57(88)30-60(94-80)77(53)78)95-86(132)135-62(50-18-20-51(21-19-50)92-81(127)48(5)90-82(128)79(46(2)3)91-49(6)111)28-52-32-108(97-96-52)27-26-59(93-63(112)31-89-64(113)34-110-65(114)24-25-66(110)115)84(130)107(16)43-75(124)105(14)41-73(122)103(12)39-71(120)101(10)37-69(118)99(8)35-67(116)98(7)36-68(117)100(9)38-70(119)102(11)40-72(121)104(13)42-74(123)106(15)44-76(125)126/h18-21,24-25,29-30,32,46,48,58-59,62,79,133H,17,22-23,26-28,31,33-45H2,1-16H3,(H,89,113)(H,90,128)(H,91,111)(H,92,127)(H,93,112)(H,95,132)(H,125,126)/t48-,58-,59-,62?,79-,87?/m0/s1. The molecule has 9 rings (SSSR count). The zero-order chi connectivity index (χ0) is 100.0. The highest BCUT2D eigenvalue weighted by molar-refractivity contribution is 6.14. The predicted molar refractivity (Wildman–Crippen MR) is 471 cm³/mol. The number of anilines is 1. The van der Waals surface area contributed by atoms with Gasteiger partial charge in [0, 0.05) is 137 Å². The van der Waals surface area contributed by atoms with Gasteiger partial charge in [-0.05, 0) is 85.9 Å². The van der Waals surface area contributed by atoms with Crippen LogP contribution in [0.3, 0.4) is 0 Å². The van der Waals surface area contributed by atoms with Gasteiger partial charge in [-0.2, -0.15) is 0 Å². The Bertz CT molecular complexity index is 5660. The number of cyclic esters (lactones) is 1. The molecule has 0 saturated carbocycles. The highest BCUT2D eigenvalue weighted by atomic mass is 19.1. The van der Waals surface area contributed by atoms with Crippen molar-refractivity contribution < 1.29 is 120 Å². The highest BCUT2D eigenvalue weighted by Gasteiger charge is 2.47. The van der Waals surface area contributed by atoms with Crippen molar-refractivity contribution in [3.05, 3.63) is 116 Å². The van der Waals surface area contributed by atoms with Crippen LogP contribution in [0, 0.1) is 18.7 Å². The van der Waals surface area contributed by atoms with E-state index in [1.165, 1.54) is 136 Å². The molecule has 0 bridgehead atoms. The molecule has 2 aromatic carbocycles. The van der Waals surface area contributed by atoms with Crippen LogP contribution in [0.5, 0.6) is 0 Å². The summed E-state index contributed by atoms with van der Waals surface area (Å²) in [6.45, 7) is 1.21. The molecule has 4 aliphatic rings. The number of halogens is 1. The molecule has 3 aromatic heterocycles. The number of benzene rings is 2. The quantitative estimate of drug-likeness (QED) is 0.0134. The lowest BCUT2D eigenvalue weighted by Gasteiger charge is -2.31. The van der Waals surface area contributed by atoms with Gasteiger partial charge < -0.3 is 105 Å². The van der Waals surface area contributed by atoms with Crippen molar-refractivity contribution in [3.8, 4) is 11.4 Å². The number of carboxylic acid groups (broad SMARTS) is 1. The molecule has 5 aromatic rings. The molecule has 18 amide bonds. The van der Waals surface area contributed by atoms with Gasteiger partial charge in [0.15, 0.2) is 5.60 Å². The lowest BCUT2D eigenvalue weighted by Crippen LogP contribution is -2.53. The minimum atomic E-state index is -2.17. The summed E-state index contributed by atoms with van der Waals surface area (Å²) < 4.78 is 30.3. The SMILES string of the molecule is CCC1(O)C(=O)OCc2c1cc1n(c2=O)Cc2c-1nc1cc(F)c(C)c3c1c2[C@@H](NC(=O)OC(Cc1cn(CC[C@H](NC(=O)CNC(=O)CN2C(=O)C=CC2=O)C(=O)N(C)CC(=O)N(C)CC(=O)N(C)CC(=O)N(C)CC(=O)N(C)CC(=O)N(C)CC(=O)N(C)CC(=O)N(C)CC(=O)N(C)CC(=O)N(C)CC(=O)O)nn1)c1ccc(NC(=O)[C@H](C)NC(=O)[C@@H](NC(C)=O)C(C)C)cc1)CC3. The maximum absolute atomic E-state index is 16.0. The molecule has 6 heterocycles. The van der Waals surface area contributed by atoms with E-state index in [4.69, 9.17) is 19.6 Å². The first-order valence-corrected chi connectivity index (χ1v) is 42.8. The Labute approximate surface area is 773 Å². The number of esters is 1. The van der Waals surface area contributed by atoms with E-state index in [-0.39, 0.29) is 90.5 Å². The Balaban J connectivity index is 0.852. The van der Waals surface area contributed by atoms with E-state index >= 15 is 4.39 Å².